The Morgan fingerprint density at radius 2 is 2.05 bits per heavy atom. The number of ether oxygens (including phenoxy) is 1. The van der Waals surface area contributed by atoms with Crippen LogP contribution in [0.5, 0.6) is 0 Å². The molecule has 1 aliphatic rings. The summed E-state index contributed by atoms with van der Waals surface area (Å²) in [5.41, 5.74) is 1.04. The van der Waals surface area contributed by atoms with Crippen LogP contribution < -0.4 is 0 Å². The number of unbranched alkanes of at least 4 members (excludes halogenated alkanes) is 1. The first-order valence-corrected chi connectivity index (χ1v) is 8.82. The van der Waals surface area contributed by atoms with Crippen LogP contribution in [0.25, 0.3) is 0 Å². The van der Waals surface area contributed by atoms with Crippen molar-refractivity contribution in [1.82, 2.24) is 10.1 Å². The second kappa shape index (κ2) is 8.11. The van der Waals surface area contributed by atoms with Crippen molar-refractivity contribution < 1.29 is 9.26 Å². The molecule has 0 bridgehead atoms. The Balaban J connectivity index is 1.97. The normalized spacial score (nSPS) is 23.6. The smallest absolute Gasteiger partial charge is 0.139 e. The summed E-state index contributed by atoms with van der Waals surface area (Å²) in [6, 6.07) is 2.10. The number of aromatic nitrogens is 1. The molecule has 1 aromatic heterocycles. The maximum Gasteiger partial charge on any atom is 0.139 e. The van der Waals surface area contributed by atoms with Crippen LogP contribution in [0, 0.1) is 5.92 Å². The third-order valence-corrected chi connectivity index (χ3v) is 4.42. The zero-order valence-corrected chi connectivity index (χ0v) is 14.8. The minimum Gasteiger partial charge on any atom is -0.372 e. The van der Waals surface area contributed by atoms with Gasteiger partial charge < -0.3 is 9.26 Å². The zero-order chi connectivity index (χ0) is 16.1. The molecule has 0 aliphatic carbocycles. The highest BCUT2D eigenvalue weighted by molar-refractivity contribution is 5.08. The second-order valence-electron chi connectivity index (χ2n) is 7.25. The highest BCUT2D eigenvalue weighted by atomic mass is 16.5. The van der Waals surface area contributed by atoms with Crippen LogP contribution in [0.3, 0.4) is 0 Å². The van der Waals surface area contributed by atoms with Crippen molar-refractivity contribution in [1.29, 1.82) is 0 Å². The molecule has 0 unspecified atom stereocenters. The molecular formula is C18H32N2O2. The maximum absolute atomic E-state index is 6.28. The average Bonchev–Trinajstić information content (AvgIpc) is 2.93. The van der Waals surface area contributed by atoms with E-state index in [1.54, 1.807) is 0 Å². The number of morpholine rings is 1. The summed E-state index contributed by atoms with van der Waals surface area (Å²) in [4.78, 5) is 2.48. The van der Waals surface area contributed by atoms with E-state index in [9.17, 15) is 0 Å². The van der Waals surface area contributed by atoms with Gasteiger partial charge in [0.25, 0.3) is 0 Å². The molecular weight excluding hydrogens is 276 g/mol. The van der Waals surface area contributed by atoms with Crippen molar-refractivity contribution >= 4 is 0 Å². The molecule has 0 N–H and O–H groups in total. The summed E-state index contributed by atoms with van der Waals surface area (Å²) in [6.07, 6.45) is 4.31. The summed E-state index contributed by atoms with van der Waals surface area (Å²) in [5.74, 6) is 1.92. The van der Waals surface area contributed by atoms with Gasteiger partial charge in [-0.25, -0.2) is 0 Å². The lowest BCUT2D eigenvalue weighted by Crippen LogP contribution is -2.49. The van der Waals surface area contributed by atoms with Crippen molar-refractivity contribution in [3.8, 4) is 0 Å². The van der Waals surface area contributed by atoms with Gasteiger partial charge in [0.05, 0.1) is 17.9 Å². The molecule has 1 aliphatic heterocycles. The summed E-state index contributed by atoms with van der Waals surface area (Å²) in [6.45, 7) is 13.9. The Hall–Kier alpha value is -0.870. The molecule has 2 heterocycles. The monoisotopic (exact) mass is 308 g/mol. The molecule has 0 amide bonds. The van der Waals surface area contributed by atoms with Crippen LogP contribution in [0.15, 0.2) is 10.6 Å². The van der Waals surface area contributed by atoms with E-state index in [1.807, 2.05) is 0 Å². The zero-order valence-electron chi connectivity index (χ0n) is 14.8. The number of nitrogens with zero attached hydrogens (tertiary/aromatic N) is 2. The van der Waals surface area contributed by atoms with Crippen molar-refractivity contribution in [3.05, 3.63) is 17.5 Å². The van der Waals surface area contributed by atoms with Crippen LogP contribution in [0.4, 0.5) is 0 Å². The third-order valence-electron chi connectivity index (χ3n) is 4.42. The Morgan fingerprint density at radius 1 is 1.27 bits per heavy atom. The number of rotatable bonds is 7. The Kier molecular flexibility index (Phi) is 6.45. The largest absolute Gasteiger partial charge is 0.372 e. The van der Waals surface area contributed by atoms with Crippen molar-refractivity contribution in [2.75, 3.05) is 13.1 Å². The summed E-state index contributed by atoms with van der Waals surface area (Å²) >= 11 is 0. The topological polar surface area (TPSA) is 38.5 Å². The van der Waals surface area contributed by atoms with E-state index >= 15 is 0 Å². The van der Waals surface area contributed by atoms with Gasteiger partial charge in [-0.3, -0.25) is 4.90 Å². The fourth-order valence-corrected chi connectivity index (χ4v) is 2.94. The standard InChI is InChI=1S/C18H32N2O2/c1-6-7-8-16-11-20(12-18(21-16)14(4)5)10-15-9-17(13(2)3)22-19-15/h9,13-14,16,18H,6-8,10-12H2,1-5H3/t16-,18-/m1/s1. The molecule has 0 spiro atoms. The van der Waals surface area contributed by atoms with E-state index in [4.69, 9.17) is 9.26 Å². The molecule has 1 fully saturated rings. The minimum absolute atomic E-state index is 0.326. The lowest BCUT2D eigenvalue weighted by Gasteiger charge is -2.39. The minimum atomic E-state index is 0.326. The molecule has 22 heavy (non-hydrogen) atoms. The molecule has 2 rings (SSSR count). The first-order chi connectivity index (χ1) is 10.5. The van der Waals surface area contributed by atoms with E-state index in [0.717, 1.165) is 37.5 Å². The Bertz CT molecular complexity index is 442. The lowest BCUT2D eigenvalue weighted by molar-refractivity contribution is -0.108. The van der Waals surface area contributed by atoms with Gasteiger partial charge in [0.1, 0.15) is 5.76 Å². The van der Waals surface area contributed by atoms with Gasteiger partial charge >= 0.3 is 0 Å². The third kappa shape index (κ3) is 4.82. The van der Waals surface area contributed by atoms with E-state index in [1.165, 1.54) is 12.8 Å². The quantitative estimate of drug-likeness (QED) is 0.756. The molecule has 126 valence electrons. The summed E-state index contributed by atoms with van der Waals surface area (Å²) in [5, 5.41) is 4.23. The first-order valence-electron chi connectivity index (χ1n) is 8.82. The SMILES string of the molecule is CCCC[C@@H]1CN(Cc2cc(C(C)C)on2)C[C@H](C(C)C)O1. The lowest BCUT2D eigenvalue weighted by atomic mass is 10.0. The van der Waals surface area contributed by atoms with Gasteiger partial charge in [0, 0.05) is 31.6 Å². The highest BCUT2D eigenvalue weighted by Gasteiger charge is 2.29. The molecule has 0 aromatic carbocycles. The predicted molar refractivity (Wildman–Crippen MR) is 88.9 cm³/mol. The number of hydrogen-bond donors (Lipinski definition) is 0. The van der Waals surface area contributed by atoms with Gasteiger partial charge in [-0.05, 0) is 12.3 Å². The van der Waals surface area contributed by atoms with Gasteiger partial charge in [-0.2, -0.15) is 0 Å². The van der Waals surface area contributed by atoms with E-state index in [0.29, 0.717) is 24.0 Å². The summed E-state index contributed by atoms with van der Waals surface area (Å²) < 4.78 is 11.7. The van der Waals surface area contributed by atoms with Gasteiger partial charge in [0.15, 0.2) is 0 Å². The molecule has 1 saturated heterocycles. The molecule has 4 nitrogen and oxygen atoms in total. The average molecular weight is 308 g/mol. The maximum atomic E-state index is 6.28. The van der Waals surface area contributed by atoms with E-state index < -0.39 is 0 Å². The second-order valence-corrected chi connectivity index (χ2v) is 7.25. The van der Waals surface area contributed by atoms with Crippen LogP contribution in [-0.4, -0.2) is 35.4 Å². The molecule has 0 radical (unpaired) electrons. The van der Waals surface area contributed by atoms with Crippen molar-refractivity contribution in [2.24, 2.45) is 5.92 Å². The van der Waals surface area contributed by atoms with Gasteiger partial charge in [-0.1, -0.05) is 52.6 Å². The van der Waals surface area contributed by atoms with Crippen LogP contribution in [0.1, 0.15) is 71.3 Å². The van der Waals surface area contributed by atoms with Gasteiger partial charge in [-0.15, -0.1) is 0 Å². The fourth-order valence-electron chi connectivity index (χ4n) is 2.94. The molecule has 2 atom stereocenters. The van der Waals surface area contributed by atoms with Crippen molar-refractivity contribution in [2.45, 2.75) is 78.6 Å². The van der Waals surface area contributed by atoms with Crippen LogP contribution in [0.2, 0.25) is 0 Å². The van der Waals surface area contributed by atoms with Crippen LogP contribution in [-0.2, 0) is 11.3 Å². The molecule has 4 heteroatoms. The fraction of sp³-hybridized carbons (Fsp3) is 0.833. The van der Waals surface area contributed by atoms with E-state index in [-0.39, 0.29) is 0 Å². The van der Waals surface area contributed by atoms with E-state index in [2.05, 4.69) is 50.7 Å². The Labute approximate surface area is 135 Å². The van der Waals surface area contributed by atoms with Crippen molar-refractivity contribution in [3.63, 3.8) is 0 Å². The predicted octanol–water partition coefficient (Wildman–Crippen LogP) is 4.21. The Morgan fingerprint density at radius 3 is 2.64 bits per heavy atom. The number of hydrogen-bond acceptors (Lipinski definition) is 4. The highest BCUT2D eigenvalue weighted by Crippen LogP contribution is 2.23. The molecule has 1 aromatic rings. The summed E-state index contributed by atoms with van der Waals surface area (Å²) in [7, 11) is 0. The molecule has 0 saturated carbocycles. The van der Waals surface area contributed by atoms with Crippen LogP contribution >= 0.6 is 0 Å². The van der Waals surface area contributed by atoms with Gasteiger partial charge in [0.2, 0.25) is 0 Å². The first kappa shape index (κ1) is 17.5.